The molecule has 2 nitrogen and oxygen atoms in total. The molecule has 0 aliphatic rings. The van der Waals surface area contributed by atoms with E-state index in [1.54, 1.807) is 0 Å². The minimum Gasteiger partial charge on any atom is -0.462 e. The van der Waals surface area contributed by atoms with Gasteiger partial charge in [-0.3, -0.25) is 0 Å². The molecule has 0 aliphatic carbocycles. The molecule has 0 aromatic heterocycles. The molecular formula is C17H26O2. The Morgan fingerprint density at radius 3 is 2.37 bits per heavy atom. The minimum absolute atomic E-state index is 0.174. The van der Waals surface area contributed by atoms with E-state index in [0.29, 0.717) is 6.61 Å². The fourth-order valence-electron chi connectivity index (χ4n) is 2.28. The number of hydrogen-bond acceptors (Lipinski definition) is 2. The standard InChI is InChI=1S/C17H26O2/c1-4-7-10-14-11-9-13-16(17(18)19-6-3)15(14)12-8-5-2/h9,11,13H,4-8,10,12H2,1-3H3. The van der Waals surface area contributed by atoms with Gasteiger partial charge in [0.15, 0.2) is 0 Å². The Hall–Kier alpha value is -1.31. The monoisotopic (exact) mass is 262 g/mol. The highest BCUT2D eigenvalue weighted by molar-refractivity contribution is 5.91. The van der Waals surface area contributed by atoms with Crippen LogP contribution in [0.5, 0.6) is 0 Å². The summed E-state index contributed by atoms with van der Waals surface area (Å²) in [5.41, 5.74) is 3.29. The Morgan fingerprint density at radius 2 is 1.74 bits per heavy atom. The van der Waals surface area contributed by atoms with Crippen molar-refractivity contribution in [1.82, 2.24) is 0 Å². The zero-order chi connectivity index (χ0) is 14.1. The van der Waals surface area contributed by atoms with Crippen LogP contribution < -0.4 is 0 Å². The maximum Gasteiger partial charge on any atom is 0.338 e. The molecule has 1 aromatic rings. The molecule has 0 fully saturated rings. The third-order valence-electron chi connectivity index (χ3n) is 3.35. The Labute approximate surface area is 117 Å². The maximum absolute atomic E-state index is 12.0. The van der Waals surface area contributed by atoms with Crippen molar-refractivity contribution in [2.45, 2.75) is 59.3 Å². The van der Waals surface area contributed by atoms with Gasteiger partial charge in [-0.2, -0.15) is 0 Å². The fourth-order valence-corrected chi connectivity index (χ4v) is 2.28. The largest absolute Gasteiger partial charge is 0.462 e. The second-order valence-electron chi connectivity index (χ2n) is 4.87. The summed E-state index contributed by atoms with van der Waals surface area (Å²) in [5, 5.41) is 0. The fraction of sp³-hybridized carbons (Fsp3) is 0.588. The summed E-state index contributed by atoms with van der Waals surface area (Å²) in [6.45, 7) is 6.66. The molecular weight excluding hydrogens is 236 g/mol. The summed E-state index contributed by atoms with van der Waals surface area (Å²) < 4.78 is 5.17. The third-order valence-corrected chi connectivity index (χ3v) is 3.35. The van der Waals surface area contributed by atoms with Crippen molar-refractivity contribution >= 4 is 5.97 Å². The first-order valence-electron chi connectivity index (χ1n) is 7.52. The summed E-state index contributed by atoms with van der Waals surface area (Å²) >= 11 is 0. The van der Waals surface area contributed by atoms with Crippen molar-refractivity contribution in [1.29, 1.82) is 0 Å². The average molecular weight is 262 g/mol. The van der Waals surface area contributed by atoms with Crippen LogP contribution in [0.15, 0.2) is 18.2 Å². The molecule has 1 rings (SSSR count). The molecule has 0 atom stereocenters. The van der Waals surface area contributed by atoms with Gasteiger partial charge in [0, 0.05) is 0 Å². The summed E-state index contributed by atoms with van der Waals surface area (Å²) in [4.78, 5) is 12.0. The molecule has 0 amide bonds. The van der Waals surface area contributed by atoms with Crippen LogP contribution in [0, 0.1) is 0 Å². The number of aryl methyl sites for hydroxylation is 1. The highest BCUT2D eigenvalue weighted by Gasteiger charge is 2.15. The lowest BCUT2D eigenvalue weighted by Crippen LogP contribution is -2.10. The molecule has 2 heteroatoms. The SMILES string of the molecule is CCCCc1cccc(C(=O)OCC)c1CCCC. The van der Waals surface area contributed by atoms with E-state index in [1.165, 1.54) is 24.0 Å². The number of unbranched alkanes of at least 4 members (excludes halogenated alkanes) is 2. The van der Waals surface area contributed by atoms with Crippen molar-refractivity contribution in [3.8, 4) is 0 Å². The quantitative estimate of drug-likeness (QED) is 0.642. The first-order valence-corrected chi connectivity index (χ1v) is 7.52. The molecule has 0 radical (unpaired) electrons. The van der Waals surface area contributed by atoms with E-state index in [9.17, 15) is 4.79 Å². The normalized spacial score (nSPS) is 10.5. The summed E-state index contributed by atoms with van der Waals surface area (Å²) in [5.74, 6) is -0.174. The first kappa shape index (κ1) is 15.7. The van der Waals surface area contributed by atoms with Gasteiger partial charge in [0.2, 0.25) is 0 Å². The van der Waals surface area contributed by atoms with Crippen molar-refractivity contribution < 1.29 is 9.53 Å². The van der Waals surface area contributed by atoms with Gasteiger partial charge in [0.25, 0.3) is 0 Å². The Morgan fingerprint density at radius 1 is 1.05 bits per heavy atom. The van der Waals surface area contributed by atoms with Crippen LogP contribution in [0.4, 0.5) is 0 Å². The minimum atomic E-state index is -0.174. The highest BCUT2D eigenvalue weighted by Crippen LogP contribution is 2.20. The highest BCUT2D eigenvalue weighted by atomic mass is 16.5. The van der Waals surface area contributed by atoms with E-state index in [4.69, 9.17) is 4.74 Å². The van der Waals surface area contributed by atoms with Crippen LogP contribution >= 0.6 is 0 Å². The lowest BCUT2D eigenvalue weighted by molar-refractivity contribution is 0.0525. The molecule has 0 N–H and O–H groups in total. The van der Waals surface area contributed by atoms with Gasteiger partial charge in [0.05, 0.1) is 12.2 Å². The zero-order valence-electron chi connectivity index (χ0n) is 12.5. The van der Waals surface area contributed by atoms with Gasteiger partial charge in [-0.15, -0.1) is 0 Å². The Bertz CT molecular complexity index is 396. The molecule has 0 bridgehead atoms. The molecule has 0 heterocycles. The van der Waals surface area contributed by atoms with E-state index < -0.39 is 0 Å². The van der Waals surface area contributed by atoms with Crippen LogP contribution in [-0.4, -0.2) is 12.6 Å². The number of carbonyl (C=O) groups is 1. The topological polar surface area (TPSA) is 26.3 Å². The molecule has 106 valence electrons. The Kier molecular flexibility index (Phi) is 7.24. The molecule has 0 saturated heterocycles. The molecule has 0 unspecified atom stereocenters. The van der Waals surface area contributed by atoms with Gasteiger partial charge in [0.1, 0.15) is 0 Å². The predicted octanol–water partition coefficient (Wildman–Crippen LogP) is 4.55. The van der Waals surface area contributed by atoms with Gasteiger partial charge in [-0.05, 0) is 49.8 Å². The third kappa shape index (κ3) is 4.70. The van der Waals surface area contributed by atoms with E-state index in [2.05, 4.69) is 19.9 Å². The van der Waals surface area contributed by atoms with E-state index in [1.807, 2.05) is 19.1 Å². The second kappa shape index (κ2) is 8.73. The van der Waals surface area contributed by atoms with Gasteiger partial charge < -0.3 is 4.74 Å². The summed E-state index contributed by atoms with van der Waals surface area (Å²) in [6.07, 6.45) is 6.65. The van der Waals surface area contributed by atoms with Crippen LogP contribution in [0.2, 0.25) is 0 Å². The lowest BCUT2D eigenvalue weighted by Gasteiger charge is -2.14. The molecule has 0 aliphatic heterocycles. The summed E-state index contributed by atoms with van der Waals surface area (Å²) in [6, 6.07) is 6.04. The number of ether oxygens (including phenoxy) is 1. The van der Waals surface area contributed by atoms with Crippen LogP contribution in [0.25, 0.3) is 0 Å². The number of hydrogen-bond donors (Lipinski definition) is 0. The molecule has 0 saturated carbocycles. The maximum atomic E-state index is 12.0. The molecule has 0 spiro atoms. The van der Waals surface area contributed by atoms with Gasteiger partial charge in [-0.1, -0.05) is 38.8 Å². The van der Waals surface area contributed by atoms with E-state index in [0.717, 1.165) is 31.2 Å². The van der Waals surface area contributed by atoms with Crippen molar-refractivity contribution in [3.05, 3.63) is 34.9 Å². The van der Waals surface area contributed by atoms with E-state index in [-0.39, 0.29) is 5.97 Å². The second-order valence-corrected chi connectivity index (χ2v) is 4.87. The molecule has 1 aromatic carbocycles. The van der Waals surface area contributed by atoms with Crippen molar-refractivity contribution in [2.24, 2.45) is 0 Å². The predicted molar refractivity (Wildman–Crippen MR) is 79.6 cm³/mol. The average Bonchev–Trinajstić information content (AvgIpc) is 2.43. The van der Waals surface area contributed by atoms with Crippen LogP contribution in [0.3, 0.4) is 0 Å². The van der Waals surface area contributed by atoms with E-state index >= 15 is 0 Å². The van der Waals surface area contributed by atoms with Gasteiger partial charge >= 0.3 is 5.97 Å². The number of esters is 1. The zero-order valence-corrected chi connectivity index (χ0v) is 12.5. The number of benzene rings is 1. The number of carbonyl (C=O) groups excluding carboxylic acids is 1. The van der Waals surface area contributed by atoms with Crippen molar-refractivity contribution in [2.75, 3.05) is 6.61 Å². The number of rotatable bonds is 8. The van der Waals surface area contributed by atoms with Crippen LogP contribution in [0.1, 0.15) is 67.9 Å². The Balaban J connectivity index is 3.02. The first-order chi connectivity index (χ1) is 9.24. The van der Waals surface area contributed by atoms with Crippen molar-refractivity contribution in [3.63, 3.8) is 0 Å². The van der Waals surface area contributed by atoms with Crippen LogP contribution in [-0.2, 0) is 17.6 Å². The van der Waals surface area contributed by atoms with Gasteiger partial charge in [-0.25, -0.2) is 4.79 Å². The smallest absolute Gasteiger partial charge is 0.338 e. The summed E-state index contributed by atoms with van der Waals surface area (Å²) in [7, 11) is 0. The lowest BCUT2D eigenvalue weighted by atomic mass is 9.93. The molecule has 19 heavy (non-hydrogen) atoms.